The van der Waals surface area contributed by atoms with Gasteiger partial charge in [0.15, 0.2) is 0 Å². The number of nitrogens with zero attached hydrogens (tertiary/aromatic N) is 1. The van der Waals surface area contributed by atoms with E-state index in [9.17, 15) is 0 Å². The van der Waals surface area contributed by atoms with Crippen LogP contribution >= 0.6 is 0 Å². The van der Waals surface area contributed by atoms with E-state index < -0.39 is 0 Å². The molecule has 0 amide bonds. The van der Waals surface area contributed by atoms with Crippen molar-refractivity contribution >= 4 is 5.69 Å². The van der Waals surface area contributed by atoms with Gasteiger partial charge in [-0.2, -0.15) is 0 Å². The van der Waals surface area contributed by atoms with Crippen LogP contribution in [0.5, 0.6) is 11.5 Å². The summed E-state index contributed by atoms with van der Waals surface area (Å²) in [7, 11) is 0. The van der Waals surface area contributed by atoms with Gasteiger partial charge in [-0.3, -0.25) is 0 Å². The average Bonchev–Trinajstić information content (AvgIpc) is 2.49. The lowest BCUT2D eigenvalue weighted by Crippen LogP contribution is -2.45. The van der Waals surface area contributed by atoms with Gasteiger partial charge in [-0.05, 0) is 56.2 Å². The number of piperidine rings is 1. The Morgan fingerprint density at radius 2 is 1.67 bits per heavy atom. The predicted octanol–water partition coefficient (Wildman–Crippen LogP) is 3.79. The van der Waals surface area contributed by atoms with Gasteiger partial charge in [0.2, 0.25) is 0 Å². The van der Waals surface area contributed by atoms with Crippen molar-refractivity contribution in [3.63, 3.8) is 0 Å². The van der Waals surface area contributed by atoms with Crippen LogP contribution in [0.4, 0.5) is 5.69 Å². The zero-order valence-corrected chi connectivity index (χ0v) is 12.4. The number of benzene rings is 2. The van der Waals surface area contributed by atoms with Crippen molar-refractivity contribution in [2.75, 3.05) is 11.4 Å². The summed E-state index contributed by atoms with van der Waals surface area (Å²) in [6, 6.07) is 19.0. The molecule has 0 saturated carbocycles. The minimum Gasteiger partial charge on any atom is -0.457 e. The molecule has 2 atom stereocenters. The maximum atomic E-state index is 6.03. The highest BCUT2D eigenvalue weighted by Crippen LogP contribution is 2.28. The molecule has 0 spiro atoms. The molecule has 1 aliphatic rings. The van der Waals surface area contributed by atoms with Gasteiger partial charge < -0.3 is 15.4 Å². The zero-order chi connectivity index (χ0) is 14.7. The summed E-state index contributed by atoms with van der Waals surface area (Å²) in [5.41, 5.74) is 7.27. The van der Waals surface area contributed by atoms with E-state index in [1.165, 1.54) is 5.69 Å². The molecule has 1 aliphatic heterocycles. The largest absolute Gasteiger partial charge is 0.457 e. The molecule has 1 fully saturated rings. The molecule has 1 heterocycles. The van der Waals surface area contributed by atoms with Crippen molar-refractivity contribution in [2.24, 2.45) is 5.73 Å². The van der Waals surface area contributed by atoms with Crippen LogP contribution in [-0.2, 0) is 0 Å². The minimum atomic E-state index is 0.344. The standard InChI is InChI=1S/C18H22N2O/c1-14-13-15(19)11-12-20(14)16-7-9-18(10-8-16)21-17-5-3-2-4-6-17/h2-10,14-15H,11-13,19H2,1H3. The molecule has 0 radical (unpaired) electrons. The molecule has 0 aliphatic carbocycles. The highest BCUT2D eigenvalue weighted by molar-refractivity contribution is 5.51. The van der Waals surface area contributed by atoms with Crippen LogP contribution in [0.1, 0.15) is 19.8 Å². The third kappa shape index (κ3) is 3.37. The van der Waals surface area contributed by atoms with Crippen molar-refractivity contribution in [2.45, 2.75) is 31.8 Å². The SMILES string of the molecule is CC1CC(N)CCN1c1ccc(Oc2ccccc2)cc1. The van der Waals surface area contributed by atoms with E-state index >= 15 is 0 Å². The highest BCUT2D eigenvalue weighted by Gasteiger charge is 2.23. The first-order valence-electron chi connectivity index (χ1n) is 7.57. The van der Waals surface area contributed by atoms with Crippen molar-refractivity contribution in [3.05, 3.63) is 54.6 Å². The first kappa shape index (κ1) is 14.0. The van der Waals surface area contributed by atoms with Gasteiger partial charge in [-0.15, -0.1) is 0 Å². The molecule has 0 bridgehead atoms. The number of rotatable bonds is 3. The summed E-state index contributed by atoms with van der Waals surface area (Å²) in [5.74, 6) is 1.73. The van der Waals surface area contributed by atoms with E-state index in [0.29, 0.717) is 12.1 Å². The molecule has 2 aromatic carbocycles. The lowest BCUT2D eigenvalue weighted by molar-refractivity contribution is 0.429. The normalized spacial score (nSPS) is 22.1. The van der Waals surface area contributed by atoms with Gasteiger partial charge in [-0.25, -0.2) is 0 Å². The zero-order valence-electron chi connectivity index (χ0n) is 12.4. The number of para-hydroxylation sites is 1. The van der Waals surface area contributed by atoms with Crippen LogP contribution in [0, 0.1) is 0 Å². The number of anilines is 1. The van der Waals surface area contributed by atoms with E-state index in [1.54, 1.807) is 0 Å². The van der Waals surface area contributed by atoms with Gasteiger partial charge in [0.05, 0.1) is 0 Å². The summed E-state index contributed by atoms with van der Waals surface area (Å²) in [6.45, 7) is 3.27. The van der Waals surface area contributed by atoms with E-state index in [-0.39, 0.29) is 0 Å². The molecule has 1 saturated heterocycles. The molecule has 3 nitrogen and oxygen atoms in total. The summed E-state index contributed by atoms with van der Waals surface area (Å²) in [6.07, 6.45) is 2.12. The Morgan fingerprint density at radius 3 is 2.33 bits per heavy atom. The van der Waals surface area contributed by atoms with Crippen LogP contribution in [-0.4, -0.2) is 18.6 Å². The number of ether oxygens (including phenoxy) is 1. The van der Waals surface area contributed by atoms with Crippen LogP contribution in [0.2, 0.25) is 0 Å². The predicted molar refractivity (Wildman–Crippen MR) is 87.0 cm³/mol. The maximum absolute atomic E-state index is 6.03. The Balaban J connectivity index is 1.69. The summed E-state index contributed by atoms with van der Waals surface area (Å²) in [4.78, 5) is 2.43. The highest BCUT2D eigenvalue weighted by atomic mass is 16.5. The fourth-order valence-electron chi connectivity index (χ4n) is 2.92. The van der Waals surface area contributed by atoms with Gasteiger partial charge in [-0.1, -0.05) is 18.2 Å². The monoisotopic (exact) mass is 282 g/mol. The lowest BCUT2D eigenvalue weighted by Gasteiger charge is -2.38. The van der Waals surface area contributed by atoms with E-state index in [0.717, 1.165) is 30.9 Å². The Hall–Kier alpha value is -2.00. The van der Waals surface area contributed by atoms with Crippen molar-refractivity contribution < 1.29 is 4.74 Å². The fourth-order valence-corrected chi connectivity index (χ4v) is 2.92. The summed E-state index contributed by atoms with van der Waals surface area (Å²) < 4.78 is 5.83. The van der Waals surface area contributed by atoms with Crippen molar-refractivity contribution in [3.8, 4) is 11.5 Å². The Kier molecular flexibility index (Phi) is 4.11. The van der Waals surface area contributed by atoms with Crippen LogP contribution < -0.4 is 15.4 Å². The Labute approximate surface area is 126 Å². The van der Waals surface area contributed by atoms with Crippen molar-refractivity contribution in [1.29, 1.82) is 0 Å². The smallest absolute Gasteiger partial charge is 0.127 e. The van der Waals surface area contributed by atoms with Gasteiger partial charge in [0, 0.05) is 24.3 Å². The molecule has 3 rings (SSSR count). The first-order chi connectivity index (χ1) is 10.2. The Morgan fingerprint density at radius 1 is 1.00 bits per heavy atom. The molecule has 2 aromatic rings. The second-order valence-corrected chi connectivity index (χ2v) is 5.74. The lowest BCUT2D eigenvalue weighted by atomic mass is 9.98. The second-order valence-electron chi connectivity index (χ2n) is 5.74. The van der Waals surface area contributed by atoms with E-state index in [2.05, 4.69) is 24.0 Å². The molecule has 110 valence electrons. The topological polar surface area (TPSA) is 38.5 Å². The summed E-state index contributed by atoms with van der Waals surface area (Å²) in [5, 5.41) is 0. The van der Waals surface area contributed by atoms with Crippen molar-refractivity contribution in [1.82, 2.24) is 0 Å². The van der Waals surface area contributed by atoms with Gasteiger partial charge in [0.25, 0.3) is 0 Å². The van der Waals surface area contributed by atoms with Crippen LogP contribution in [0.3, 0.4) is 0 Å². The average molecular weight is 282 g/mol. The molecule has 21 heavy (non-hydrogen) atoms. The Bertz CT molecular complexity index is 568. The summed E-state index contributed by atoms with van der Waals surface area (Å²) >= 11 is 0. The molecular formula is C18H22N2O. The fraction of sp³-hybridized carbons (Fsp3) is 0.333. The molecule has 2 unspecified atom stereocenters. The number of hydrogen-bond acceptors (Lipinski definition) is 3. The van der Waals surface area contributed by atoms with E-state index in [4.69, 9.17) is 10.5 Å². The number of nitrogens with two attached hydrogens (primary N) is 1. The van der Waals surface area contributed by atoms with Crippen LogP contribution in [0.25, 0.3) is 0 Å². The number of hydrogen-bond donors (Lipinski definition) is 1. The molecule has 0 aromatic heterocycles. The molecule has 3 heteroatoms. The third-order valence-electron chi connectivity index (χ3n) is 4.06. The minimum absolute atomic E-state index is 0.344. The van der Waals surface area contributed by atoms with E-state index in [1.807, 2.05) is 42.5 Å². The van der Waals surface area contributed by atoms with Crippen LogP contribution in [0.15, 0.2) is 54.6 Å². The third-order valence-corrected chi connectivity index (χ3v) is 4.06. The van der Waals surface area contributed by atoms with Gasteiger partial charge in [0.1, 0.15) is 11.5 Å². The quantitative estimate of drug-likeness (QED) is 0.930. The molecule has 2 N–H and O–H groups in total. The first-order valence-corrected chi connectivity index (χ1v) is 7.57. The van der Waals surface area contributed by atoms with Gasteiger partial charge >= 0.3 is 0 Å². The maximum Gasteiger partial charge on any atom is 0.127 e. The molecular weight excluding hydrogens is 260 g/mol. The second kappa shape index (κ2) is 6.19.